The fourth-order valence-corrected chi connectivity index (χ4v) is 3.14. The van der Waals surface area contributed by atoms with Crippen LogP contribution in [0.5, 0.6) is 5.75 Å². The summed E-state index contributed by atoms with van der Waals surface area (Å²) in [5, 5.41) is 2.97. The zero-order chi connectivity index (χ0) is 21.1. The summed E-state index contributed by atoms with van der Waals surface area (Å²) >= 11 is 0. The highest BCUT2D eigenvalue weighted by molar-refractivity contribution is 5.88. The van der Waals surface area contributed by atoms with Gasteiger partial charge in [0.1, 0.15) is 11.8 Å². The Balaban J connectivity index is 2.17. The van der Waals surface area contributed by atoms with Gasteiger partial charge in [0.25, 0.3) is 5.91 Å². The quantitative estimate of drug-likeness (QED) is 0.582. The minimum absolute atomic E-state index is 0.103. The van der Waals surface area contributed by atoms with E-state index in [1.807, 2.05) is 68.4 Å². The standard InChI is InChI=1S/C24H32N2O3/c1-4-6-16-25-24(28)22(5-2)26(17-20-13-11-10-12-19(20)3)23(27)18-29-21-14-8-7-9-15-21/h7-15,22H,4-6,16-18H2,1-3H3,(H,25,28)/t22-/m0/s1. The maximum Gasteiger partial charge on any atom is 0.261 e. The highest BCUT2D eigenvalue weighted by atomic mass is 16.5. The molecule has 1 N–H and O–H groups in total. The van der Waals surface area contributed by atoms with Gasteiger partial charge in [0, 0.05) is 13.1 Å². The summed E-state index contributed by atoms with van der Waals surface area (Å²) in [4.78, 5) is 27.5. The molecule has 0 radical (unpaired) electrons. The molecule has 0 unspecified atom stereocenters. The second kappa shape index (κ2) is 11.9. The van der Waals surface area contributed by atoms with E-state index in [0.717, 1.165) is 24.0 Å². The Bertz CT molecular complexity index is 777. The second-order valence-corrected chi connectivity index (χ2v) is 7.12. The van der Waals surface area contributed by atoms with Gasteiger partial charge in [-0.15, -0.1) is 0 Å². The summed E-state index contributed by atoms with van der Waals surface area (Å²) in [6.07, 6.45) is 2.47. The summed E-state index contributed by atoms with van der Waals surface area (Å²) in [6, 6.07) is 16.6. The monoisotopic (exact) mass is 396 g/mol. The van der Waals surface area contributed by atoms with E-state index in [4.69, 9.17) is 4.74 Å². The van der Waals surface area contributed by atoms with Crippen LogP contribution in [0.3, 0.4) is 0 Å². The van der Waals surface area contributed by atoms with Gasteiger partial charge in [-0.25, -0.2) is 0 Å². The average Bonchev–Trinajstić information content (AvgIpc) is 2.74. The van der Waals surface area contributed by atoms with Crippen LogP contribution in [0.4, 0.5) is 0 Å². The van der Waals surface area contributed by atoms with Gasteiger partial charge >= 0.3 is 0 Å². The van der Waals surface area contributed by atoms with E-state index in [2.05, 4.69) is 12.2 Å². The minimum atomic E-state index is -0.529. The number of hydrogen-bond acceptors (Lipinski definition) is 3. The SMILES string of the molecule is CCCCNC(=O)[C@H](CC)N(Cc1ccccc1C)C(=O)COc1ccccc1. The Morgan fingerprint density at radius 3 is 2.38 bits per heavy atom. The molecule has 2 aromatic carbocycles. The van der Waals surface area contributed by atoms with Crippen molar-refractivity contribution in [1.82, 2.24) is 10.2 Å². The lowest BCUT2D eigenvalue weighted by Gasteiger charge is -2.31. The van der Waals surface area contributed by atoms with Crippen LogP contribution in [-0.2, 0) is 16.1 Å². The number of unbranched alkanes of at least 4 members (excludes halogenated alkanes) is 1. The molecule has 0 heterocycles. The molecule has 2 rings (SSSR count). The predicted molar refractivity (Wildman–Crippen MR) is 116 cm³/mol. The molecule has 0 bridgehead atoms. The molecule has 0 aromatic heterocycles. The number of rotatable bonds is 11. The molecule has 156 valence electrons. The van der Waals surface area contributed by atoms with E-state index in [9.17, 15) is 9.59 Å². The van der Waals surface area contributed by atoms with Crippen LogP contribution in [0.1, 0.15) is 44.2 Å². The molecular weight excluding hydrogens is 364 g/mol. The number of carbonyl (C=O) groups excluding carboxylic acids is 2. The number of carbonyl (C=O) groups is 2. The maximum absolute atomic E-state index is 13.1. The third kappa shape index (κ3) is 6.93. The first-order chi connectivity index (χ1) is 14.1. The van der Waals surface area contributed by atoms with Gasteiger partial charge in [-0.3, -0.25) is 9.59 Å². The van der Waals surface area contributed by atoms with Crippen molar-refractivity contribution >= 4 is 11.8 Å². The first-order valence-corrected chi connectivity index (χ1v) is 10.4. The van der Waals surface area contributed by atoms with Crippen molar-refractivity contribution in [3.05, 3.63) is 65.7 Å². The largest absolute Gasteiger partial charge is 0.484 e. The molecule has 29 heavy (non-hydrogen) atoms. The second-order valence-electron chi connectivity index (χ2n) is 7.12. The summed E-state index contributed by atoms with van der Waals surface area (Å²) in [5.41, 5.74) is 2.12. The third-order valence-electron chi connectivity index (χ3n) is 4.92. The highest BCUT2D eigenvalue weighted by Crippen LogP contribution is 2.16. The van der Waals surface area contributed by atoms with Crippen LogP contribution in [0.15, 0.2) is 54.6 Å². The molecule has 0 spiro atoms. The molecular formula is C24H32N2O3. The van der Waals surface area contributed by atoms with Gasteiger partial charge in [-0.05, 0) is 43.0 Å². The average molecular weight is 397 g/mol. The number of benzene rings is 2. The minimum Gasteiger partial charge on any atom is -0.484 e. The third-order valence-corrected chi connectivity index (χ3v) is 4.92. The number of ether oxygens (including phenoxy) is 1. The van der Waals surface area contributed by atoms with Crippen molar-refractivity contribution in [3.63, 3.8) is 0 Å². The van der Waals surface area contributed by atoms with Crippen molar-refractivity contribution in [2.24, 2.45) is 0 Å². The molecule has 5 heteroatoms. The number of aryl methyl sites for hydroxylation is 1. The Hall–Kier alpha value is -2.82. The lowest BCUT2D eigenvalue weighted by molar-refractivity contribution is -0.143. The molecule has 0 aliphatic rings. The zero-order valence-corrected chi connectivity index (χ0v) is 17.7. The van der Waals surface area contributed by atoms with Gasteiger partial charge in [0.15, 0.2) is 6.61 Å². The molecule has 0 aliphatic carbocycles. The van der Waals surface area contributed by atoms with Gasteiger partial charge in [-0.1, -0.05) is 62.7 Å². The number of hydrogen-bond donors (Lipinski definition) is 1. The van der Waals surface area contributed by atoms with E-state index in [0.29, 0.717) is 25.3 Å². The lowest BCUT2D eigenvalue weighted by Crippen LogP contribution is -2.50. The van der Waals surface area contributed by atoms with E-state index in [1.54, 1.807) is 4.90 Å². The van der Waals surface area contributed by atoms with Gasteiger partial charge in [0.05, 0.1) is 0 Å². The van der Waals surface area contributed by atoms with Crippen LogP contribution in [0.25, 0.3) is 0 Å². The first-order valence-electron chi connectivity index (χ1n) is 10.4. The molecule has 0 fully saturated rings. The molecule has 5 nitrogen and oxygen atoms in total. The van der Waals surface area contributed by atoms with Crippen LogP contribution in [0, 0.1) is 6.92 Å². The van der Waals surface area contributed by atoms with Gasteiger partial charge in [-0.2, -0.15) is 0 Å². The Morgan fingerprint density at radius 2 is 1.72 bits per heavy atom. The maximum atomic E-state index is 13.1. The number of nitrogens with one attached hydrogen (secondary N) is 1. The van der Waals surface area contributed by atoms with Crippen LogP contribution in [0.2, 0.25) is 0 Å². The summed E-state index contributed by atoms with van der Waals surface area (Å²) in [7, 11) is 0. The lowest BCUT2D eigenvalue weighted by atomic mass is 10.1. The molecule has 2 amide bonds. The smallest absolute Gasteiger partial charge is 0.261 e. The van der Waals surface area contributed by atoms with Crippen molar-refractivity contribution in [3.8, 4) is 5.75 Å². The van der Waals surface area contributed by atoms with Crippen molar-refractivity contribution in [1.29, 1.82) is 0 Å². The van der Waals surface area contributed by atoms with E-state index in [1.165, 1.54) is 0 Å². The van der Waals surface area contributed by atoms with Gasteiger partial charge in [0.2, 0.25) is 5.91 Å². The molecule has 0 saturated carbocycles. The normalized spacial score (nSPS) is 11.6. The topological polar surface area (TPSA) is 58.6 Å². The summed E-state index contributed by atoms with van der Waals surface area (Å²) in [6.45, 7) is 6.93. The van der Waals surface area contributed by atoms with Crippen LogP contribution < -0.4 is 10.1 Å². The Labute approximate surface area is 174 Å². The number of nitrogens with zero attached hydrogens (tertiary/aromatic N) is 1. The fourth-order valence-electron chi connectivity index (χ4n) is 3.14. The molecule has 1 atom stereocenters. The van der Waals surface area contributed by atoms with E-state index >= 15 is 0 Å². The molecule has 2 aromatic rings. The fraction of sp³-hybridized carbons (Fsp3) is 0.417. The highest BCUT2D eigenvalue weighted by Gasteiger charge is 2.29. The summed E-state index contributed by atoms with van der Waals surface area (Å²) < 4.78 is 5.67. The Morgan fingerprint density at radius 1 is 1.03 bits per heavy atom. The van der Waals surface area contributed by atoms with Crippen LogP contribution in [-0.4, -0.2) is 35.9 Å². The van der Waals surface area contributed by atoms with Crippen LogP contribution >= 0.6 is 0 Å². The van der Waals surface area contributed by atoms with Gasteiger partial charge < -0.3 is 15.0 Å². The summed E-state index contributed by atoms with van der Waals surface area (Å²) in [5.74, 6) is 0.328. The van der Waals surface area contributed by atoms with Crippen molar-refractivity contribution in [2.45, 2.75) is 52.6 Å². The number of amides is 2. The van der Waals surface area contributed by atoms with E-state index < -0.39 is 6.04 Å². The molecule has 0 aliphatic heterocycles. The first kappa shape index (κ1) is 22.5. The molecule has 0 saturated heterocycles. The Kier molecular flexibility index (Phi) is 9.22. The number of para-hydroxylation sites is 1. The van der Waals surface area contributed by atoms with Crippen molar-refractivity contribution < 1.29 is 14.3 Å². The van der Waals surface area contributed by atoms with Crippen molar-refractivity contribution in [2.75, 3.05) is 13.2 Å². The predicted octanol–water partition coefficient (Wildman–Crippen LogP) is 4.10. The van der Waals surface area contributed by atoms with E-state index in [-0.39, 0.29) is 18.4 Å². The zero-order valence-electron chi connectivity index (χ0n) is 17.7.